The van der Waals surface area contributed by atoms with Crippen molar-refractivity contribution in [1.82, 2.24) is 11.0 Å². The Labute approximate surface area is 125 Å². The molecule has 0 aliphatic carbocycles. The lowest BCUT2D eigenvalue weighted by molar-refractivity contribution is 0.0168. The lowest BCUT2D eigenvalue weighted by Crippen LogP contribution is -2.38. The molecular formula is C15H12N2O5. The smallest absolute Gasteiger partial charge is 0.334 e. The van der Waals surface area contributed by atoms with Gasteiger partial charge < -0.3 is 9.68 Å². The molecule has 2 rings (SSSR count). The molecule has 0 atom stereocenters. The summed E-state index contributed by atoms with van der Waals surface area (Å²) in [4.78, 5) is 43.5. The summed E-state index contributed by atoms with van der Waals surface area (Å²) in [5, 5.41) is 0. The van der Waals surface area contributed by atoms with E-state index in [1.54, 1.807) is 36.4 Å². The van der Waals surface area contributed by atoms with Crippen LogP contribution in [-0.2, 0) is 9.68 Å². The molecule has 0 bridgehead atoms. The van der Waals surface area contributed by atoms with Gasteiger partial charge in [-0.2, -0.15) is 11.0 Å². The number of hydroxylamine groups is 2. The molecule has 2 aromatic rings. The van der Waals surface area contributed by atoms with Crippen LogP contribution in [0.2, 0.25) is 0 Å². The van der Waals surface area contributed by atoms with Gasteiger partial charge in [-0.3, -0.25) is 0 Å². The minimum atomic E-state index is -0.992. The molecule has 0 aliphatic heterocycles. The summed E-state index contributed by atoms with van der Waals surface area (Å²) in [6.07, 6.45) is 0. The first-order valence-electron chi connectivity index (χ1n) is 6.25. The number of carbonyl (C=O) groups excluding carboxylic acids is 3. The van der Waals surface area contributed by atoms with Crippen molar-refractivity contribution >= 4 is 18.0 Å². The van der Waals surface area contributed by atoms with Crippen LogP contribution in [0, 0.1) is 0 Å². The van der Waals surface area contributed by atoms with Gasteiger partial charge in [0.1, 0.15) is 0 Å². The highest BCUT2D eigenvalue weighted by atomic mass is 16.7. The molecular weight excluding hydrogens is 288 g/mol. The topological polar surface area (TPSA) is 93.7 Å². The zero-order valence-corrected chi connectivity index (χ0v) is 11.3. The van der Waals surface area contributed by atoms with Crippen molar-refractivity contribution in [2.45, 2.75) is 0 Å². The quantitative estimate of drug-likeness (QED) is 0.825. The molecule has 2 N–H and O–H groups in total. The van der Waals surface area contributed by atoms with Crippen LogP contribution in [0.15, 0.2) is 60.7 Å². The van der Waals surface area contributed by atoms with Crippen molar-refractivity contribution < 1.29 is 24.1 Å². The molecule has 0 aromatic heterocycles. The first-order valence-corrected chi connectivity index (χ1v) is 6.25. The van der Waals surface area contributed by atoms with Crippen LogP contribution in [0.4, 0.5) is 4.79 Å². The number of carbonyl (C=O) groups is 3. The summed E-state index contributed by atoms with van der Waals surface area (Å²) in [6, 6.07) is 15.2. The molecule has 7 heteroatoms. The predicted octanol–water partition coefficient (Wildman–Crippen LogP) is 1.83. The van der Waals surface area contributed by atoms with Crippen molar-refractivity contribution in [3.63, 3.8) is 0 Å². The Balaban J connectivity index is 1.74. The maximum atomic E-state index is 11.5. The zero-order chi connectivity index (χ0) is 15.8. The number of urea groups is 1. The van der Waals surface area contributed by atoms with E-state index < -0.39 is 18.0 Å². The van der Waals surface area contributed by atoms with Gasteiger partial charge in [0.25, 0.3) is 0 Å². The third-order valence-electron chi connectivity index (χ3n) is 2.49. The summed E-state index contributed by atoms with van der Waals surface area (Å²) in [7, 11) is 0. The van der Waals surface area contributed by atoms with Gasteiger partial charge in [0.2, 0.25) is 0 Å². The Morgan fingerprint density at radius 3 is 1.36 bits per heavy atom. The van der Waals surface area contributed by atoms with Gasteiger partial charge in [0.15, 0.2) is 0 Å². The maximum absolute atomic E-state index is 11.5. The SMILES string of the molecule is O=C(NOC(=O)c1ccccc1)NOC(=O)c1ccccc1. The molecule has 0 aliphatic rings. The Morgan fingerprint density at radius 2 is 1.00 bits per heavy atom. The molecule has 7 nitrogen and oxygen atoms in total. The molecule has 22 heavy (non-hydrogen) atoms. The molecule has 0 spiro atoms. The Hall–Kier alpha value is -3.35. The summed E-state index contributed by atoms with van der Waals surface area (Å²) in [5.41, 5.74) is 4.16. The van der Waals surface area contributed by atoms with Gasteiger partial charge in [-0.25, -0.2) is 14.4 Å². The van der Waals surface area contributed by atoms with Crippen molar-refractivity contribution in [3.05, 3.63) is 71.8 Å². The van der Waals surface area contributed by atoms with Crippen molar-refractivity contribution in [1.29, 1.82) is 0 Å². The first-order chi connectivity index (χ1) is 10.7. The van der Waals surface area contributed by atoms with Crippen LogP contribution in [0.1, 0.15) is 20.7 Å². The first kappa shape index (κ1) is 15.0. The van der Waals surface area contributed by atoms with Gasteiger partial charge in [0, 0.05) is 0 Å². The van der Waals surface area contributed by atoms with E-state index in [-0.39, 0.29) is 11.1 Å². The second kappa shape index (κ2) is 7.44. The number of rotatable bonds is 2. The molecule has 0 saturated carbocycles. The third-order valence-corrected chi connectivity index (χ3v) is 2.49. The minimum Gasteiger partial charge on any atom is -0.334 e. The Kier molecular flexibility index (Phi) is 5.09. The van der Waals surface area contributed by atoms with Crippen LogP contribution < -0.4 is 11.0 Å². The van der Waals surface area contributed by atoms with E-state index in [4.69, 9.17) is 0 Å². The average Bonchev–Trinajstić information content (AvgIpc) is 2.59. The van der Waals surface area contributed by atoms with Gasteiger partial charge in [-0.15, -0.1) is 0 Å². The van der Waals surface area contributed by atoms with E-state index in [9.17, 15) is 14.4 Å². The maximum Gasteiger partial charge on any atom is 0.381 e. The fourth-order valence-electron chi connectivity index (χ4n) is 1.47. The molecule has 2 aromatic carbocycles. The molecule has 112 valence electrons. The summed E-state index contributed by atoms with van der Waals surface area (Å²) >= 11 is 0. The van der Waals surface area contributed by atoms with Gasteiger partial charge in [0.05, 0.1) is 11.1 Å². The number of nitrogens with one attached hydrogen (secondary N) is 2. The van der Waals surface area contributed by atoms with Crippen molar-refractivity contribution in [2.24, 2.45) is 0 Å². The molecule has 0 radical (unpaired) electrons. The summed E-state index contributed by atoms with van der Waals surface area (Å²) < 4.78 is 0. The highest BCUT2D eigenvalue weighted by molar-refractivity contribution is 5.91. The fourth-order valence-corrected chi connectivity index (χ4v) is 1.47. The van der Waals surface area contributed by atoms with E-state index in [0.29, 0.717) is 0 Å². The average molecular weight is 300 g/mol. The number of amides is 2. The van der Waals surface area contributed by atoms with Crippen LogP contribution in [0.5, 0.6) is 0 Å². The van der Waals surface area contributed by atoms with Crippen LogP contribution >= 0.6 is 0 Å². The number of hydrogen-bond donors (Lipinski definition) is 2. The highest BCUT2D eigenvalue weighted by Gasteiger charge is 2.11. The van der Waals surface area contributed by atoms with E-state index in [1.807, 2.05) is 11.0 Å². The lowest BCUT2D eigenvalue weighted by atomic mass is 10.2. The molecule has 0 unspecified atom stereocenters. The van der Waals surface area contributed by atoms with Crippen LogP contribution in [-0.4, -0.2) is 18.0 Å². The zero-order valence-electron chi connectivity index (χ0n) is 11.3. The highest BCUT2D eigenvalue weighted by Crippen LogP contribution is 2.00. The largest absolute Gasteiger partial charge is 0.381 e. The van der Waals surface area contributed by atoms with Gasteiger partial charge >= 0.3 is 18.0 Å². The van der Waals surface area contributed by atoms with E-state index in [0.717, 1.165) is 0 Å². The molecule has 0 heterocycles. The van der Waals surface area contributed by atoms with Crippen LogP contribution in [0.3, 0.4) is 0 Å². The standard InChI is InChI=1S/C15H12N2O5/c18-13(11-7-3-1-4-8-11)21-16-15(20)17-22-14(19)12-9-5-2-6-10-12/h1-10H,(H2,16,17,20). The molecule has 0 saturated heterocycles. The van der Waals surface area contributed by atoms with Gasteiger partial charge in [-0.1, -0.05) is 36.4 Å². The normalized spacial score (nSPS) is 9.45. The van der Waals surface area contributed by atoms with Gasteiger partial charge in [-0.05, 0) is 24.3 Å². The second-order valence-corrected chi connectivity index (χ2v) is 4.04. The third kappa shape index (κ3) is 4.34. The minimum absolute atomic E-state index is 0.268. The lowest BCUT2D eigenvalue weighted by Gasteiger charge is -2.07. The molecule has 2 amide bonds. The van der Waals surface area contributed by atoms with E-state index in [1.165, 1.54) is 24.3 Å². The summed E-state index contributed by atoms with van der Waals surface area (Å²) in [5.74, 6) is -1.49. The van der Waals surface area contributed by atoms with Crippen molar-refractivity contribution in [2.75, 3.05) is 0 Å². The summed E-state index contributed by atoms with van der Waals surface area (Å²) in [6.45, 7) is 0. The van der Waals surface area contributed by atoms with E-state index >= 15 is 0 Å². The monoisotopic (exact) mass is 300 g/mol. The Morgan fingerprint density at radius 1 is 0.636 bits per heavy atom. The fraction of sp³-hybridized carbons (Fsp3) is 0. The van der Waals surface area contributed by atoms with Crippen LogP contribution in [0.25, 0.3) is 0 Å². The predicted molar refractivity (Wildman–Crippen MR) is 75.4 cm³/mol. The Bertz CT molecular complexity index is 601. The second-order valence-electron chi connectivity index (χ2n) is 4.04. The van der Waals surface area contributed by atoms with E-state index in [2.05, 4.69) is 9.68 Å². The van der Waals surface area contributed by atoms with Crippen molar-refractivity contribution in [3.8, 4) is 0 Å². The molecule has 0 fully saturated rings. The number of hydrogen-bond acceptors (Lipinski definition) is 5. The number of benzene rings is 2.